The van der Waals surface area contributed by atoms with Crippen LogP contribution in [0, 0.1) is 0 Å². The van der Waals surface area contributed by atoms with E-state index in [1.54, 1.807) is 6.07 Å². The number of sulfonamides is 1. The third kappa shape index (κ3) is 6.85. The maximum atomic E-state index is 12.5. The summed E-state index contributed by atoms with van der Waals surface area (Å²) in [5.41, 5.74) is 2.38. The molecule has 0 aromatic heterocycles. The molecule has 3 rings (SSSR count). The smallest absolute Gasteiger partial charge is 0.232 e. The van der Waals surface area contributed by atoms with E-state index in [1.807, 2.05) is 78.9 Å². The van der Waals surface area contributed by atoms with Gasteiger partial charge in [0.1, 0.15) is 12.4 Å². The molecule has 3 aromatic rings. The fourth-order valence-corrected chi connectivity index (χ4v) is 4.34. The number of amides is 1. The van der Waals surface area contributed by atoms with Crippen molar-refractivity contribution in [3.05, 3.63) is 84.9 Å². The Hall–Kier alpha value is -3.32. The normalized spacial score (nSPS) is 11.0. The van der Waals surface area contributed by atoms with E-state index in [1.165, 1.54) is 10.6 Å². The molecule has 7 heteroatoms. The minimum atomic E-state index is -3.52. The maximum Gasteiger partial charge on any atom is 0.232 e. The summed E-state index contributed by atoms with van der Waals surface area (Å²) in [4.78, 5) is 12.2. The van der Waals surface area contributed by atoms with Crippen LogP contribution < -0.4 is 14.4 Å². The van der Waals surface area contributed by atoms with Gasteiger partial charge in [-0.25, -0.2) is 8.42 Å². The third-order valence-electron chi connectivity index (χ3n) is 4.86. The minimum Gasteiger partial charge on any atom is -0.492 e. The molecule has 32 heavy (non-hydrogen) atoms. The summed E-state index contributed by atoms with van der Waals surface area (Å²) >= 11 is 0. The van der Waals surface area contributed by atoms with Gasteiger partial charge in [-0.15, -0.1) is 0 Å². The van der Waals surface area contributed by atoms with Gasteiger partial charge in [0.05, 0.1) is 18.5 Å². The summed E-state index contributed by atoms with van der Waals surface area (Å²) in [7, 11) is -3.52. The molecule has 168 valence electrons. The van der Waals surface area contributed by atoms with Crippen molar-refractivity contribution in [1.29, 1.82) is 0 Å². The number of nitrogens with zero attached hydrogens (tertiary/aromatic N) is 1. The Kier molecular flexibility index (Phi) is 8.27. The summed E-state index contributed by atoms with van der Waals surface area (Å²) < 4.78 is 32.0. The number of ether oxygens (including phenoxy) is 1. The Bertz CT molecular complexity index is 1100. The monoisotopic (exact) mass is 452 g/mol. The molecule has 0 atom stereocenters. The molecule has 0 fully saturated rings. The average molecular weight is 453 g/mol. The first-order chi connectivity index (χ1) is 15.4. The fourth-order valence-electron chi connectivity index (χ4n) is 3.37. The lowest BCUT2D eigenvalue weighted by molar-refractivity contribution is -0.121. The van der Waals surface area contributed by atoms with Gasteiger partial charge in [-0.05, 0) is 30.2 Å². The van der Waals surface area contributed by atoms with Crippen molar-refractivity contribution in [3.8, 4) is 16.9 Å². The van der Waals surface area contributed by atoms with Gasteiger partial charge in [0.25, 0.3) is 0 Å². The molecular formula is C25H28N2O4S. The zero-order valence-corrected chi connectivity index (χ0v) is 18.9. The summed E-state index contributed by atoms with van der Waals surface area (Å²) in [6, 6.07) is 26.5. The zero-order valence-electron chi connectivity index (χ0n) is 18.1. The van der Waals surface area contributed by atoms with E-state index in [0.717, 1.165) is 16.9 Å². The van der Waals surface area contributed by atoms with Crippen LogP contribution in [-0.2, 0) is 14.8 Å². The lowest BCUT2D eigenvalue weighted by Gasteiger charge is -2.25. The van der Waals surface area contributed by atoms with Crippen molar-refractivity contribution >= 4 is 21.6 Å². The highest BCUT2D eigenvalue weighted by atomic mass is 32.2. The number of rotatable bonds is 11. The van der Waals surface area contributed by atoms with Crippen LogP contribution in [0.3, 0.4) is 0 Å². The van der Waals surface area contributed by atoms with E-state index in [2.05, 4.69) is 5.32 Å². The van der Waals surface area contributed by atoms with Crippen LogP contribution in [0.5, 0.6) is 5.75 Å². The van der Waals surface area contributed by atoms with E-state index in [0.29, 0.717) is 25.3 Å². The van der Waals surface area contributed by atoms with Gasteiger partial charge in [-0.3, -0.25) is 9.10 Å². The number of carbonyl (C=O) groups excluding carboxylic acids is 1. The first-order valence-electron chi connectivity index (χ1n) is 10.5. The Morgan fingerprint density at radius 1 is 0.906 bits per heavy atom. The largest absolute Gasteiger partial charge is 0.492 e. The molecule has 0 spiro atoms. The Balaban J connectivity index is 1.56. The molecule has 0 bridgehead atoms. The lowest BCUT2D eigenvalue weighted by atomic mass is 10.0. The second kappa shape index (κ2) is 11.3. The highest BCUT2D eigenvalue weighted by molar-refractivity contribution is 7.92. The van der Waals surface area contributed by atoms with Gasteiger partial charge < -0.3 is 10.1 Å². The number of hydrogen-bond acceptors (Lipinski definition) is 4. The number of para-hydroxylation sites is 2. The third-order valence-corrected chi connectivity index (χ3v) is 6.04. The van der Waals surface area contributed by atoms with Gasteiger partial charge in [0.2, 0.25) is 15.9 Å². The molecular weight excluding hydrogens is 424 g/mol. The quantitative estimate of drug-likeness (QED) is 0.445. The molecule has 6 nitrogen and oxygen atoms in total. The van der Waals surface area contributed by atoms with Crippen molar-refractivity contribution in [2.75, 3.05) is 30.3 Å². The summed E-state index contributed by atoms with van der Waals surface area (Å²) in [5, 5.41) is 2.81. The number of nitrogens with one attached hydrogen (secondary N) is 1. The minimum absolute atomic E-state index is 0.133. The molecule has 0 saturated heterocycles. The van der Waals surface area contributed by atoms with E-state index in [9.17, 15) is 13.2 Å². The van der Waals surface area contributed by atoms with Crippen LogP contribution in [0.2, 0.25) is 0 Å². The Morgan fingerprint density at radius 2 is 1.53 bits per heavy atom. The Morgan fingerprint density at radius 3 is 2.22 bits per heavy atom. The van der Waals surface area contributed by atoms with Crippen LogP contribution in [0.4, 0.5) is 5.69 Å². The number of anilines is 1. The molecule has 0 unspecified atom stereocenters. The number of hydrogen-bond donors (Lipinski definition) is 1. The summed E-state index contributed by atoms with van der Waals surface area (Å²) in [6.07, 6.45) is 1.82. The SMILES string of the molecule is CS(=O)(=O)N(CCCC(=O)NCCOc1ccccc1)c1ccccc1-c1ccccc1. The molecule has 1 N–H and O–H groups in total. The first-order valence-corrected chi connectivity index (χ1v) is 12.4. The van der Waals surface area contributed by atoms with Crippen molar-refractivity contribution in [2.45, 2.75) is 12.8 Å². The van der Waals surface area contributed by atoms with Crippen LogP contribution >= 0.6 is 0 Å². The van der Waals surface area contributed by atoms with Crippen LogP contribution in [0.25, 0.3) is 11.1 Å². The van der Waals surface area contributed by atoms with E-state index < -0.39 is 10.0 Å². The summed E-state index contributed by atoms with van der Waals surface area (Å²) in [5.74, 6) is 0.620. The lowest BCUT2D eigenvalue weighted by Crippen LogP contribution is -2.33. The highest BCUT2D eigenvalue weighted by Crippen LogP contribution is 2.32. The van der Waals surface area contributed by atoms with Gasteiger partial charge >= 0.3 is 0 Å². The molecule has 3 aromatic carbocycles. The predicted octanol–water partition coefficient (Wildman–Crippen LogP) is 4.10. The van der Waals surface area contributed by atoms with E-state index >= 15 is 0 Å². The highest BCUT2D eigenvalue weighted by Gasteiger charge is 2.20. The molecule has 0 heterocycles. The predicted molar refractivity (Wildman–Crippen MR) is 128 cm³/mol. The van der Waals surface area contributed by atoms with Crippen molar-refractivity contribution < 1.29 is 17.9 Å². The number of benzene rings is 3. The van der Waals surface area contributed by atoms with E-state index in [4.69, 9.17) is 4.74 Å². The molecule has 0 saturated carbocycles. The Labute approximate surface area is 189 Å². The van der Waals surface area contributed by atoms with Crippen LogP contribution in [0.1, 0.15) is 12.8 Å². The second-order valence-electron chi connectivity index (χ2n) is 7.33. The molecule has 1 amide bonds. The first kappa shape index (κ1) is 23.3. The fraction of sp³-hybridized carbons (Fsp3) is 0.240. The molecule has 0 radical (unpaired) electrons. The standard InChI is InChI=1S/C25H28N2O4S/c1-32(29,30)27(24-16-9-8-15-23(24)21-11-4-2-5-12-21)19-10-17-25(28)26-18-20-31-22-13-6-3-7-14-22/h2-9,11-16H,10,17-20H2,1H3,(H,26,28). The second-order valence-corrected chi connectivity index (χ2v) is 9.24. The molecule has 0 aliphatic rings. The zero-order chi connectivity index (χ0) is 22.8. The average Bonchev–Trinajstić information content (AvgIpc) is 2.80. The van der Waals surface area contributed by atoms with Gasteiger partial charge in [0.15, 0.2) is 0 Å². The van der Waals surface area contributed by atoms with Gasteiger partial charge in [0, 0.05) is 18.5 Å². The van der Waals surface area contributed by atoms with Gasteiger partial charge in [-0.1, -0.05) is 66.7 Å². The van der Waals surface area contributed by atoms with Crippen molar-refractivity contribution in [3.63, 3.8) is 0 Å². The van der Waals surface area contributed by atoms with Crippen molar-refractivity contribution in [1.82, 2.24) is 5.32 Å². The van der Waals surface area contributed by atoms with Crippen molar-refractivity contribution in [2.24, 2.45) is 0 Å². The van der Waals surface area contributed by atoms with E-state index in [-0.39, 0.29) is 18.9 Å². The van der Waals surface area contributed by atoms with Crippen LogP contribution in [-0.4, -0.2) is 40.3 Å². The van der Waals surface area contributed by atoms with Crippen LogP contribution in [0.15, 0.2) is 84.9 Å². The molecule has 0 aliphatic carbocycles. The summed E-state index contributed by atoms with van der Waals surface area (Å²) in [6.45, 7) is 0.979. The topological polar surface area (TPSA) is 75.7 Å². The maximum absolute atomic E-state index is 12.5. The van der Waals surface area contributed by atoms with Gasteiger partial charge in [-0.2, -0.15) is 0 Å². The number of carbonyl (C=O) groups is 1. The molecule has 0 aliphatic heterocycles.